The molecule has 4 N–H and O–H groups in total. The van der Waals surface area contributed by atoms with Crippen molar-refractivity contribution in [1.29, 1.82) is 0 Å². The molecule has 11 nitrogen and oxygen atoms in total. The fourth-order valence-corrected chi connectivity index (χ4v) is 10.7. The van der Waals surface area contributed by atoms with E-state index >= 15 is 0 Å². The van der Waals surface area contributed by atoms with Crippen LogP contribution in [-0.2, 0) is 41.1 Å². The minimum absolute atomic E-state index is 0.0768. The molecule has 2 aliphatic rings. The van der Waals surface area contributed by atoms with E-state index in [2.05, 4.69) is 50.2 Å². The standard InChI is InChI=1S/C42H47ClN6O5S2/c1-25(29-13-15-34(50)39-31(29)14-18-38(51)45-39)23-44-24-26-22-33-40(32-7-3-6-30(26)32)49(47-46-33)20-5-19-48(2)27-9-11-28(12-10-27)54-41(52)42(53,35-8-4-21-55-35)36-16-17-37(43)56-36/h4,8,13-18,21-22,25,27-28,44,50,53H,3,5-7,9-12,19-20,23-24H2,1-2H3,(H,45,51)/t25-,27?,28?,42-/m0/s1. The topological polar surface area (TPSA) is 146 Å². The molecular weight excluding hydrogens is 768 g/mol. The van der Waals surface area contributed by atoms with Gasteiger partial charge in [-0.15, -0.1) is 27.8 Å². The number of phenols is 1. The van der Waals surface area contributed by atoms with Crippen molar-refractivity contribution in [2.45, 2.75) is 95.0 Å². The van der Waals surface area contributed by atoms with E-state index in [-0.39, 0.29) is 23.3 Å². The van der Waals surface area contributed by atoms with Crippen molar-refractivity contribution < 1.29 is 19.7 Å². The number of rotatable bonds is 14. The lowest BCUT2D eigenvalue weighted by Gasteiger charge is -2.35. The van der Waals surface area contributed by atoms with Gasteiger partial charge in [0.15, 0.2) is 0 Å². The number of aliphatic hydroxyl groups is 1. The van der Waals surface area contributed by atoms with Crippen LogP contribution >= 0.6 is 34.3 Å². The van der Waals surface area contributed by atoms with Gasteiger partial charge in [-0.05, 0) is 135 Å². The molecule has 294 valence electrons. The first kappa shape index (κ1) is 38.7. The number of nitrogens with one attached hydrogen (secondary N) is 2. The van der Waals surface area contributed by atoms with Crippen molar-refractivity contribution in [1.82, 2.24) is 30.2 Å². The minimum Gasteiger partial charge on any atom is -0.506 e. The number of hydrogen-bond acceptors (Lipinski definition) is 11. The third kappa shape index (κ3) is 7.65. The lowest BCUT2D eigenvalue weighted by Crippen LogP contribution is -2.42. The van der Waals surface area contributed by atoms with E-state index < -0.39 is 11.6 Å². The molecule has 0 unspecified atom stereocenters. The molecule has 8 rings (SSSR count). The number of halogens is 1. The highest BCUT2D eigenvalue weighted by Crippen LogP contribution is 2.40. The van der Waals surface area contributed by atoms with Gasteiger partial charge < -0.3 is 30.2 Å². The van der Waals surface area contributed by atoms with Crippen LogP contribution in [0.5, 0.6) is 5.75 Å². The number of H-pyrrole nitrogens is 1. The summed E-state index contributed by atoms with van der Waals surface area (Å²) in [6, 6.07) is 16.4. The van der Waals surface area contributed by atoms with E-state index in [0.29, 0.717) is 25.6 Å². The number of ether oxygens (including phenoxy) is 1. The number of nitrogens with zero attached hydrogens (tertiary/aromatic N) is 4. The molecule has 0 radical (unpaired) electrons. The number of pyridine rings is 1. The van der Waals surface area contributed by atoms with Gasteiger partial charge in [0.1, 0.15) is 17.4 Å². The lowest BCUT2D eigenvalue weighted by atomic mass is 9.91. The molecule has 0 bridgehead atoms. The number of carbonyl (C=O) groups is 1. The molecule has 0 aliphatic heterocycles. The number of phenolic OH excluding ortho intramolecular Hbond substituents is 1. The SMILES string of the molecule is C[C@@H](CNCc1cc2nnn(CCCN(C)C3CCC(OC(=O)[C@](O)(c4cccs4)c4ccc(Cl)s4)CC3)c2c2c1CCC2)c1ccc(O)c2[nH]c(=O)ccc12. The molecule has 2 aromatic carbocycles. The van der Waals surface area contributed by atoms with E-state index in [4.69, 9.17) is 16.3 Å². The van der Waals surface area contributed by atoms with Crippen molar-refractivity contribution >= 4 is 62.2 Å². The van der Waals surface area contributed by atoms with Crippen LogP contribution in [0.1, 0.15) is 83.4 Å². The predicted molar refractivity (Wildman–Crippen MR) is 222 cm³/mol. The van der Waals surface area contributed by atoms with Crippen LogP contribution in [0.15, 0.2) is 64.8 Å². The van der Waals surface area contributed by atoms with Crippen molar-refractivity contribution in [3.63, 3.8) is 0 Å². The first-order chi connectivity index (χ1) is 27.1. The van der Waals surface area contributed by atoms with E-state index in [1.54, 1.807) is 30.3 Å². The molecule has 1 fully saturated rings. The van der Waals surface area contributed by atoms with Crippen LogP contribution in [0, 0.1) is 0 Å². The van der Waals surface area contributed by atoms with Gasteiger partial charge in [-0.1, -0.05) is 35.9 Å². The fourth-order valence-electron chi connectivity index (χ4n) is 8.69. The second-order valence-corrected chi connectivity index (χ2v) is 18.0. The number of carbonyl (C=O) groups excluding carboxylic acids is 1. The van der Waals surface area contributed by atoms with E-state index in [9.17, 15) is 19.8 Å². The summed E-state index contributed by atoms with van der Waals surface area (Å²) in [6.07, 6.45) is 7.23. The number of esters is 1. The van der Waals surface area contributed by atoms with Gasteiger partial charge in [-0.3, -0.25) is 4.79 Å². The summed E-state index contributed by atoms with van der Waals surface area (Å²) < 4.78 is 8.59. The number of benzene rings is 2. The maximum absolute atomic E-state index is 13.5. The predicted octanol–water partition coefficient (Wildman–Crippen LogP) is 7.25. The third-order valence-electron chi connectivity index (χ3n) is 11.7. The van der Waals surface area contributed by atoms with Crippen LogP contribution in [-0.4, -0.2) is 73.3 Å². The Bertz CT molecular complexity index is 2400. The van der Waals surface area contributed by atoms with E-state index in [0.717, 1.165) is 99.5 Å². The Morgan fingerprint density at radius 3 is 2.71 bits per heavy atom. The Morgan fingerprint density at radius 1 is 1.12 bits per heavy atom. The second kappa shape index (κ2) is 16.4. The molecule has 2 aliphatic carbocycles. The summed E-state index contributed by atoms with van der Waals surface area (Å²) in [5.74, 6) is -0.403. The Balaban J connectivity index is 0.843. The van der Waals surface area contributed by atoms with Crippen molar-refractivity contribution in [3.8, 4) is 5.75 Å². The Labute approximate surface area is 338 Å². The molecule has 1 saturated carbocycles. The second-order valence-electron chi connectivity index (χ2n) is 15.3. The lowest BCUT2D eigenvalue weighted by molar-refractivity contribution is -0.169. The largest absolute Gasteiger partial charge is 0.506 e. The average molecular weight is 815 g/mol. The van der Waals surface area contributed by atoms with Crippen LogP contribution in [0.4, 0.5) is 0 Å². The monoisotopic (exact) mass is 814 g/mol. The number of aromatic hydroxyl groups is 1. The zero-order valence-electron chi connectivity index (χ0n) is 31.6. The molecule has 2 atom stereocenters. The van der Waals surface area contributed by atoms with E-state index in [1.807, 2.05) is 17.5 Å². The molecule has 0 saturated heterocycles. The van der Waals surface area contributed by atoms with Crippen molar-refractivity contribution in [2.75, 3.05) is 20.1 Å². The maximum atomic E-state index is 13.5. The maximum Gasteiger partial charge on any atom is 0.349 e. The molecule has 6 aromatic rings. The number of aromatic nitrogens is 4. The zero-order valence-corrected chi connectivity index (χ0v) is 34.0. The Morgan fingerprint density at radius 2 is 1.95 bits per heavy atom. The highest BCUT2D eigenvalue weighted by Gasteiger charge is 2.45. The van der Waals surface area contributed by atoms with Crippen molar-refractivity contribution in [2.24, 2.45) is 0 Å². The normalized spacial score (nSPS) is 18.7. The fraction of sp³-hybridized carbons (Fsp3) is 0.429. The Hall–Kier alpha value is -4.11. The summed E-state index contributed by atoms with van der Waals surface area (Å²) in [7, 11) is 2.18. The Kier molecular flexibility index (Phi) is 11.3. The van der Waals surface area contributed by atoms with Gasteiger partial charge in [0.05, 0.1) is 25.1 Å². The zero-order chi connectivity index (χ0) is 39.0. The quantitative estimate of drug-likeness (QED) is 0.0836. The van der Waals surface area contributed by atoms with Gasteiger partial charge in [-0.25, -0.2) is 9.48 Å². The summed E-state index contributed by atoms with van der Waals surface area (Å²) in [5, 5.41) is 37.6. The van der Waals surface area contributed by atoms with E-state index in [1.165, 1.54) is 45.4 Å². The van der Waals surface area contributed by atoms with Crippen LogP contribution in [0.25, 0.3) is 21.9 Å². The van der Waals surface area contributed by atoms with Gasteiger partial charge in [0.25, 0.3) is 0 Å². The first-order valence-electron chi connectivity index (χ1n) is 19.5. The van der Waals surface area contributed by atoms with Gasteiger partial charge in [-0.2, -0.15) is 0 Å². The van der Waals surface area contributed by atoms with Gasteiger partial charge >= 0.3 is 5.97 Å². The summed E-state index contributed by atoms with van der Waals surface area (Å²) in [4.78, 5) is 31.6. The number of aromatic amines is 1. The highest BCUT2D eigenvalue weighted by molar-refractivity contribution is 7.16. The van der Waals surface area contributed by atoms with Crippen LogP contribution in [0.2, 0.25) is 4.34 Å². The molecule has 14 heteroatoms. The molecular formula is C42H47ClN6O5S2. The molecule has 4 aromatic heterocycles. The summed E-state index contributed by atoms with van der Waals surface area (Å²) in [6.45, 7) is 5.33. The molecule has 4 heterocycles. The number of aryl methyl sites for hydroxylation is 2. The van der Waals surface area contributed by atoms with Crippen LogP contribution < -0.4 is 10.9 Å². The smallest absolute Gasteiger partial charge is 0.349 e. The summed E-state index contributed by atoms with van der Waals surface area (Å²) >= 11 is 8.70. The van der Waals surface area contributed by atoms with Crippen LogP contribution in [0.3, 0.4) is 0 Å². The molecule has 56 heavy (non-hydrogen) atoms. The van der Waals surface area contributed by atoms with Gasteiger partial charge in [0, 0.05) is 37.1 Å². The van der Waals surface area contributed by atoms with Crippen molar-refractivity contribution in [3.05, 3.63) is 107 Å². The highest BCUT2D eigenvalue weighted by atomic mass is 35.5. The first-order valence-corrected chi connectivity index (χ1v) is 21.5. The summed E-state index contributed by atoms with van der Waals surface area (Å²) in [5.41, 5.74) is 5.63. The third-order valence-corrected chi connectivity index (χ3v) is 14.0. The molecule has 0 spiro atoms. The molecule has 0 amide bonds. The minimum atomic E-state index is -1.86. The number of thiophene rings is 2. The number of hydrogen-bond donors (Lipinski definition) is 4. The number of fused-ring (bicyclic) bond motifs is 4. The average Bonchev–Trinajstić information content (AvgIpc) is 4.03. The van der Waals surface area contributed by atoms with Gasteiger partial charge in [0.2, 0.25) is 11.2 Å².